The van der Waals surface area contributed by atoms with Crippen LogP contribution in [0.5, 0.6) is 11.5 Å². The Labute approximate surface area is 186 Å². The molecule has 31 heavy (non-hydrogen) atoms. The molecule has 0 bridgehead atoms. The van der Waals surface area contributed by atoms with Gasteiger partial charge in [-0.25, -0.2) is 0 Å². The number of benzene rings is 2. The predicted molar refractivity (Wildman–Crippen MR) is 125 cm³/mol. The van der Waals surface area contributed by atoms with Crippen molar-refractivity contribution >= 4 is 11.6 Å². The number of aryl methyl sites for hydroxylation is 2. The van der Waals surface area contributed by atoms with Crippen molar-refractivity contribution in [3.8, 4) is 11.5 Å². The maximum atomic E-state index is 12.6. The Morgan fingerprint density at radius 2 is 1.06 bits per heavy atom. The molecule has 4 nitrogen and oxygen atoms in total. The third-order valence-electron chi connectivity index (χ3n) is 5.74. The van der Waals surface area contributed by atoms with E-state index < -0.39 is 0 Å². The summed E-state index contributed by atoms with van der Waals surface area (Å²) >= 11 is 0. The van der Waals surface area contributed by atoms with Crippen molar-refractivity contribution < 1.29 is 19.8 Å². The van der Waals surface area contributed by atoms with Gasteiger partial charge >= 0.3 is 0 Å². The highest BCUT2D eigenvalue weighted by Gasteiger charge is 2.17. The van der Waals surface area contributed by atoms with Gasteiger partial charge in [-0.2, -0.15) is 0 Å². The lowest BCUT2D eigenvalue weighted by atomic mass is 9.93. The third kappa shape index (κ3) is 6.68. The fourth-order valence-corrected chi connectivity index (χ4v) is 3.91. The van der Waals surface area contributed by atoms with E-state index in [4.69, 9.17) is 0 Å². The number of ketones is 2. The van der Waals surface area contributed by atoms with Crippen LogP contribution in [0, 0.1) is 13.8 Å². The van der Waals surface area contributed by atoms with Crippen LogP contribution >= 0.6 is 0 Å². The van der Waals surface area contributed by atoms with Gasteiger partial charge < -0.3 is 10.2 Å². The van der Waals surface area contributed by atoms with Gasteiger partial charge in [0.25, 0.3) is 0 Å². The molecule has 0 radical (unpaired) electrons. The van der Waals surface area contributed by atoms with Crippen LogP contribution in [0.1, 0.15) is 108 Å². The Bertz CT molecular complexity index is 852. The Kier molecular flexibility index (Phi) is 9.29. The standard InChI is InChI=1S/C27H36O4/c1-5-7-9-11-24(28)22-16-20(13-18(3)26(22)30)15-21-14-19(4)27(31)23(17-21)25(29)12-10-8-6-2/h13-14,16-17,30-31H,5-12,15H2,1-4H3. The third-order valence-corrected chi connectivity index (χ3v) is 5.74. The highest BCUT2D eigenvalue weighted by molar-refractivity contribution is 6.00. The molecule has 0 aliphatic heterocycles. The Hall–Kier alpha value is -2.62. The molecule has 4 heteroatoms. The molecule has 2 aromatic carbocycles. The van der Waals surface area contributed by atoms with Crippen molar-refractivity contribution in [1.29, 1.82) is 0 Å². The van der Waals surface area contributed by atoms with E-state index in [0.717, 1.165) is 49.7 Å². The first kappa shape index (κ1) is 24.6. The quantitative estimate of drug-likeness (QED) is 0.289. The lowest BCUT2D eigenvalue weighted by molar-refractivity contribution is 0.0968. The van der Waals surface area contributed by atoms with Crippen LogP contribution in [-0.2, 0) is 6.42 Å². The average Bonchev–Trinajstić information content (AvgIpc) is 2.73. The topological polar surface area (TPSA) is 74.6 Å². The van der Waals surface area contributed by atoms with Gasteiger partial charge in [0.05, 0.1) is 11.1 Å². The fourth-order valence-electron chi connectivity index (χ4n) is 3.91. The molecule has 2 rings (SSSR count). The SMILES string of the molecule is CCCCCC(=O)c1cc(Cc2cc(C)c(O)c(C(=O)CCCCC)c2)cc(C)c1O. The number of hydrogen-bond donors (Lipinski definition) is 2. The van der Waals surface area contributed by atoms with Gasteiger partial charge in [-0.3, -0.25) is 9.59 Å². The molecule has 0 aromatic heterocycles. The maximum absolute atomic E-state index is 12.6. The molecular formula is C27H36O4. The molecule has 0 atom stereocenters. The number of unbranched alkanes of at least 4 members (excludes halogenated alkanes) is 4. The van der Waals surface area contributed by atoms with Gasteiger partial charge in [0.15, 0.2) is 11.6 Å². The Balaban J connectivity index is 2.29. The lowest BCUT2D eigenvalue weighted by Gasteiger charge is -2.13. The molecular weight excluding hydrogens is 388 g/mol. The zero-order chi connectivity index (χ0) is 23.0. The number of phenols is 2. The molecule has 2 N–H and O–H groups in total. The summed E-state index contributed by atoms with van der Waals surface area (Å²) in [6.07, 6.45) is 7.08. The summed E-state index contributed by atoms with van der Waals surface area (Å²) in [6, 6.07) is 7.29. The van der Waals surface area contributed by atoms with Crippen molar-refractivity contribution in [2.45, 2.75) is 85.5 Å². The molecule has 0 aliphatic carbocycles. The van der Waals surface area contributed by atoms with Crippen LogP contribution in [0.4, 0.5) is 0 Å². The van der Waals surface area contributed by atoms with E-state index in [1.54, 1.807) is 26.0 Å². The zero-order valence-electron chi connectivity index (χ0n) is 19.4. The molecule has 2 aromatic rings. The molecule has 0 saturated heterocycles. The maximum Gasteiger partial charge on any atom is 0.166 e. The van der Waals surface area contributed by atoms with Gasteiger partial charge in [-0.15, -0.1) is 0 Å². The van der Waals surface area contributed by atoms with Crippen molar-refractivity contribution in [2.75, 3.05) is 0 Å². The summed E-state index contributed by atoms with van der Waals surface area (Å²) < 4.78 is 0. The van der Waals surface area contributed by atoms with Crippen molar-refractivity contribution in [3.63, 3.8) is 0 Å². The van der Waals surface area contributed by atoms with E-state index in [-0.39, 0.29) is 23.1 Å². The zero-order valence-corrected chi connectivity index (χ0v) is 19.4. The first-order valence-electron chi connectivity index (χ1n) is 11.5. The summed E-state index contributed by atoms with van der Waals surface area (Å²) in [4.78, 5) is 25.3. The number of carbonyl (C=O) groups is 2. The van der Waals surface area contributed by atoms with Gasteiger partial charge in [-0.1, -0.05) is 51.7 Å². The van der Waals surface area contributed by atoms with Crippen molar-refractivity contribution in [1.82, 2.24) is 0 Å². The fraction of sp³-hybridized carbons (Fsp3) is 0.481. The van der Waals surface area contributed by atoms with E-state index >= 15 is 0 Å². The van der Waals surface area contributed by atoms with E-state index in [1.807, 2.05) is 12.1 Å². The molecule has 0 saturated carbocycles. The molecule has 0 unspecified atom stereocenters. The number of carbonyl (C=O) groups excluding carboxylic acids is 2. The van der Waals surface area contributed by atoms with E-state index in [9.17, 15) is 19.8 Å². The number of aromatic hydroxyl groups is 2. The largest absolute Gasteiger partial charge is 0.507 e. The minimum absolute atomic E-state index is 0.0374. The summed E-state index contributed by atoms with van der Waals surface area (Å²) in [7, 11) is 0. The monoisotopic (exact) mass is 424 g/mol. The number of Topliss-reactive ketones (excluding diaryl/α,β-unsaturated/α-hetero) is 2. The second-order valence-corrected chi connectivity index (χ2v) is 8.56. The Morgan fingerprint density at radius 3 is 1.42 bits per heavy atom. The Morgan fingerprint density at radius 1 is 0.677 bits per heavy atom. The van der Waals surface area contributed by atoms with E-state index in [0.29, 0.717) is 41.5 Å². The van der Waals surface area contributed by atoms with Gasteiger partial charge in [-0.05, 0) is 67.5 Å². The molecule has 0 aliphatic rings. The van der Waals surface area contributed by atoms with Crippen molar-refractivity contribution in [3.05, 3.63) is 57.6 Å². The minimum Gasteiger partial charge on any atom is -0.507 e. The number of hydrogen-bond acceptors (Lipinski definition) is 4. The lowest BCUT2D eigenvalue weighted by Crippen LogP contribution is -2.04. The molecule has 0 fully saturated rings. The smallest absolute Gasteiger partial charge is 0.166 e. The van der Waals surface area contributed by atoms with Gasteiger partial charge in [0, 0.05) is 12.8 Å². The first-order chi connectivity index (χ1) is 14.8. The van der Waals surface area contributed by atoms with Crippen LogP contribution < -0.4 is 0 Å². The van der Waals surface area contributed by atoms with E-state index in [2.05, 4.69) is 13.8 Å². The summed E-state index contributed by atoms with van der Waals surface area (Å²) in [5.74, 6) is 0.0343. The molecule has 0 heterocycles. The summed E-state index contributed by atoms with van der Waals surface area (Å²) in [6.45, 7) is 7.78. The summed E-state index contributed by atoms with van der Waals surface area (Å²) in [5, 5.41) is 20.8. The molecule has 0 spiro atoms. The van der Waals surface area contributed by atoms with Crippen LogP contribution in [0.15, 0.2) is 24.3 Å². The second kappa shape index (κ2) is 11.7. The van der Waals surface area contributed by atoms with Crippen LogP contribution in [0.2, 0.25) is 0 Å². The van der Waals surface area contributed by atoms with Gasteiger partial charge in [0.1, 0.15) is 11.5 Å². The number of phenolic OH excluding ortho intramolecular Hbond substituents is 2. The van der Waals surface area contributed by atoms with Crippen LogP contribution in [0.25, 0.3) is 0 Å². The van der Waals surface area contributed by atoms with Crippen LogP contribution in [0.3, 0.4) is 0 Å². The predicted octanol–water partition coefficient (Wildman–Crippen LogP) is 6.83. The number of rotatable bonds is 12. The second-order valence-electron chi connectivity index (χ2n) is 8.56. The van der Waals surface area contributed by atoms with Crippen LogP contribution in [-0.4, -0.2) is 21.8 Å². The van der Waals surface area contributed by atoms with Gasteiger partial charge in [0.2, 0.25) is 0 Å². The minimum atomic E-state index is -0.0374. The van der Waals surface area contributed by atoms with E-state index in [1.165, 1.54) is 0 Å². The van der Waals surface area contributed by atoms with Crippen molar-refractivity contribution in [2.24, 2.45) is 0 Å². The average molecular weight is 425 g/mol. The first-order valence-corrected chi connectivity index (χ1v) is 11.5. The normalized spacial score (nSPS) is 11.0. The molecule has 0 amide bonds. The molecule has 168 valence electrons. The highest BCUT2D eigenvalue weighted by atomic mass is 16.3. The summed E-state index contributed by atoms with van der Waals surface area (Å²) in [5.41, 5.74) is 3.90. The highest BCUT2D eigenvalue weighted by Crippen LogP contribution is 2.30.